The van der Waals surface area contributed by atoms with Gasteiger partial charge in [0.05, 0.1) is 25.4 Å². The number of methoxy groups -OCH3 is 1. The molecule has 26 heavy (non-hydrogen) atoms. The van der Waals surface area contributed by atoms with Crippen LogP contribution in [0.25, 0.3) is 0 Å². The van der Waals surface area contributed by atoms with Crippen molar-refractivity contribution in [2.45, 2.75) is 18.5 Å². The lowest BCUT2D eigenvalue weighted by Gasteiger charge is -2.35. The van der Waals surface area contributed by atoms with Gasteiger partial charge in [-0.3, -0.25) is 9.69 Å². The third kappa shape index (κ3) is 5.10. The fourth-order valence-electron chi connectivity index (χ4n) is 2.70. The molecule has 1 aromatic carbocycles. The molecule has 1 heterocycles. The average Bonchev–Trinajstić information content (AvgIpc) is 2.57. The molecule has 0 bridgehead atoms. The van der Waals surface area contributed by atoms with E-state index in [4.69, 9.17) is 4.74 Å². The van der Waals surface area contributed by atoms with Crippen molar-refractivity contribution in [1.29, 1.82) is 0 Å². The highest BCUT2D eigenvalue weighted by molar-refractivity contribution is 5.73. The standard InChI is InChI=1S/C16H17F6NO3/c1-25-14(24)12(16(20,21)22)8-23-5-6-26-13(9-23)10-3-2-4-11(7-10)15(17,18)19/h2-4,7,12-13H,5-6,8-9H2,1H3/t12-,13+/m0/s1. The molecule has 0 amide bonds. The van der Waals surface area contributed by atoms with E-state index in [0.29, 0.717) is 0 Å². The Morgan fingerprint density at radius 3 is 2.58 bits per heavy atom. The Morgan fingerprint density at radius 1 is 1.31 bits per heavy atom. The van der Waals surface area contributed by atoms with Crippen molar-refractivity contribution in [3.8, 4) is 0 Å². The molecule has 0 unspecified atom stereocenters. The number of benzene rings is 1. The SMILES string of the molecule is COC(=O)[C@H](CN1CCO[C@@H](c2cccc(C(F)(F)F)c2)C1)C(F)(F)F. The Morgan fingerprint density at radius 2 is 2.00 bits per heavy atom. The molecule has 0 aromatic heterocycles. The molecule has 1 aliphatic heterocycles. The van der Waals surface area contributed by atoms with Gasteiger partial charge in [-0.1, -0.05) is 12.1 Å². The first-order valence-corrected chi connectivity index (χ1v) is 7.68. The molecule has 10 heteroatoms. The van der Waals surface area contributed by atoms with Crippen LogP contribution >= 0.6 is 0 Å². The number of carbonyl (C=O) groups excluding carboxylic acids is 1. The van der Waals surface area contributed by atoms with Gasteiger partial charge >= 0.3 is 18.3 Å². The van der Waals surface area contributed by atoms with E-state index in [1.807, 2.05) is 0 Å². The topological polar surface area (TPSA) is 38.8 Å². The maximum atomic E-state index is 13.0. The molecule has 0 saturated carbocycles. The van der Waals surface area contributed by atoms with Crippen LogP contribution in [0.4, 0.5) is 26.3 Å². The first kappa shape index (κ1) is 20.5. The van der Waals surface area contributed by atoms with Crippen molar-refractivity contribution in [3.63, 3.8) is 0 Å². The van der Waals surface area contributed by atoms with Gasteiger partial charge in [-0.2, -0.15) is 26.3 Å². The number of hydrogen-bond donors (Lipinski definition) is 0. The Balaban J connectivity index is 2.13. The summed E-state index contributed by atoms with van der Waals surface area (Å²) in [4.78, 5) is 12.8. The number of esters is 1. The summed E-state index contributed by atoms with van der Waals surface area (Å²) in [5, 5.41) is 0. The van der Waals surface area contributed by atoms with Gasteiger partial charge in [-0.15, -0.1) is 0 Å². The van der Waals surface area contributed by atoms with E-state index < -0.39 is 42.5 Å². The maximum absolute atomic E-state index is 13.0. The number of rotatable bonds is 4. The second-order valence-electron chi connectivity index (χ2n) is 5.86. The van der Waals surface area contributed by atoms with E-state index in [-0.39, 0.29) is 25.3 Å². The second kappa shape index (κ2) is 7.83. The van der Waals surface area contributed by atoms with Crippen LogP contribution in [0.15, 0.2) is 24.3 Å². The molecule has 1 aliphatic rings. The summed E-state index contributed by atoms with van der Waals surface area (Å²) in [5.74, 6) is -3.73. The Bertz CT molecular complexity index is 631. The zero-order valence-electron chi connectivity index (χ0n) is 13.7. The molecule has 1 fully saturated rings. The second-order valence-corrected chi connectivity index (χ2v) is 5.86. The van der Waals surface area contributed by atoms with Gasteiger partial charge in [-0.25, -0.2) is 0 Å². The Labute approximate surface area is 145 Å². The Kier molecular flexibility index (Phi) is 6.17. The van der Waals surface area contributed by atoms with Gasteiger partial charge in [0.15, 0.2) is 5.92 Å². The first-order chi connectivity index (χ1) is 12.0. The van der Waals surface area contributed by atoms with E-state index in [0.717, 1.165) is 19.2 Å². The predicted molar refractivity (Wildman–Crippen MR) is 78.1 cm³/mol. The summed E-state index contributed by atoms with van der Waals surface area (Å²) in [7, 11) is 0.867. The van der Waals surface area contributed by atoms with E-state index in [2.05, 4.69) is 4.74 Å². The van der Waals surface area contributed by atoms with Gasteiger partial charge < -0.3 is 9.47 Å². The predicted octanol–water partition coefficient (Wildman–Crippen LogP) is 3.43. The molecule has 1 saturated heterocycles. The minimum absolute atomic E-state index is 0.0344. The van der Waals surface area contributed by atoms with E-state index >= 15 is 0 Å². The number of ether oxygens (including phenoxy) is 2. The summed E-state index contributed by atoms with van der Waals surface area (Å²) < 4.78 is 87.2. The van der Waals surface area contributed by atoms with E-state index in [1.54, 1.807) is 0 Å². The highest BCUT2D eigenvalue weighted by Gasteiger charge is 2.47. The lowest BCUT2D eigenvalue weighted by atomic mass is 10.0. The molecule has 2 atom stereocenters. The van der Waals surface area contributed by atoms with Crippen LogP contribution in [0, 0.1) is 5.92 Å². The summed E-state index contributed by atoms with van der Waals surface area (Å²) in [5.41, 5.74) is -0.649. The number of alkyl halides is 6. The monoisotopic (exact) mass is 385 g/mol. The van der Waals surface area contributed by atoms with Crippen molar-refractivity contribution in [2.24, 2.45) is 5.92 Å². The Hall–Kier alpha value is -1.81. The maximum Gasteiger partial charge on any atom is 0.416 e. The highest BCUT2D eigenvalue weighted by atomic mass is 19.4. The highest BCUT2D eigenvalue weighted by Crippen LogP contribution is 2.33. The molecule has 0 aliphatic carbocycles. The van der Waals surface area contributed by atoms with Gasteiger partial charge in [-0.05, 0) is 17.7 Å². The number of nitrogens with zero attached hydrogens (tertiary/aromatic N) is 1. The van der Waals surface area contributed by atoms with E-state index in [1.165, 1.54) is 17.0 Å². The normalized spacial score (nSPS) is 20.7. The third-order valence-electron chi connectivity index (χ3n) is 4.06. The molecule has 1 aromatic rings. The van der Waals surface area contributed by atoms with Crippen molar-refractivity contribution >= 4 is 5.97 Å². The van der Waals surface area contributed by atoms with Gasteiger partial charge in [0, 0.05) is 19.6 Å². The zero-order valence-corrected chi connectivity index (χ0v) is 13.7. The first-order valence-electron chi connectivity index (χ1n) is 7.68. The smallest absolute Gasteiger partial charge is 0.416 e. The molecule has 146 valence electrons. The van der Waals surface area contributed by atoms with Crippen molar-refractivity contribution < 1.29 is 40.6 Å². The molecule has 2 rings (SSSR count). The van der Waals surface area contributed by atoms with E-state index in [9.17, 15) is 31.1 Å². The third-order valence-corrected chi connectivity index (χ3v) is 4.06. The van der Waals surface area contributed by atoms with Crippen molar-refractivity contribution in [2.75, 3.05) is 33.4 Å². The fraction of sp³-hybridized carbons (Fsp3) is 0.562. The van der Waals surface area contributed by atoms with Crippen molar-refractivity contribution in [3.05, 3.63) is 35.4 Å². The number of halogens is 6. The zero-order chi connectivity index (χ0) is 19.5. The number of carbonyl (C=O) groups is 1. The van der Waals surface area contributed by atoms with Crippen LogP contribution in [0.5, 0.6) is 0 Å². The van der Waals surface area contributed by atoms with Gasteiger partial charge in [0.25, 0.3) is 0 Å². The van der Waals surface area contributed by atoms with Crippen LogP contribution in [0.3, 0.4) is 0 Å². The van der Waals surface area contributed by atoms with Crippen LogP contribution in [-0.4, -0.2) is 50.4 Å². The molecule has 0 N–H and O–H groups in total. The summed E-state index contributed by atoms with van der Waals surface area (Å²) in [6.07, 6.45) is -10.1. The lowest BCUT2D eigenvalue weighted by Crippen LogP contribution is -2.46. The van der Waals surface area contributed by atoms with Crippen LogP contribution in [0.2, 0.25) is 0 Å². The lowest BCUT2D eigenvalue weighted by molar-refractivity contribution is -0.201. The quantitative estimate of drug-likeness (QED) is 0.588. The van der Waals surface area contributed by atoms with Gasteiger partial charge in [0.2, 0.25) is 0 Å². The largest absolute Gasteiger partial charge is 0.469 e. The molecule has 0 spiro atoms. The molecular weight excluding hydrogens is 368 g/mol. The minimum Gasteiger partial charge on any atom is -0.469 e. The molecule has 0 radical (unpaired) electrons. The number of hydrogen-bond acceptors (Lipinski definition) is 4. The summed E-state index contributed by atoms with van der Waals surface area (Å²) in [6, 6.07) is 4.45. The van der Waals surface area contributed by atoms with Crippen LogP contribution < -0.4 is 0 Å². The minimum atomic E-state index is -4.78. The van der Waals surface area contributed by atoms with Crippen LogP contribution in [0.1, 0.15) is 17.2 Å². The molecular formula is C16H17F6NO3. The van der Waals surface area contributed by atoms with Crippen molar-refractivity contribution in [1.82, 2.24) is 4.90 Å². The fourth-order valence-corrected chi connectivity index (χ4v) is 2.70. The average molecular weight is 385 g/mol. The van der Waals surface area contributed by atoms with Crippen LogP contribution in [-0.2, 0) is 20.4 Å². The molecule has 4 nitrogen and oxygen atoms in total. The summed E-state index contributed by atoms with van der Waals surface area (Å²) >= 11 is 0. The van der Waals surface area contributed by atoms with Gasteiger partial charge in [0.1, 0.15) is 0 Å². The number of morpholine rings is 1. The summed E-state index contributed by atoms with van der Waals surface area (Å²) in [6.45, 7) is -0.550.